The lowest BCUT2D eigenvalue weighted by atomic mass is 9.77. The first-order valence-corrected chi connectivity index (χ1v) is 12.3. The van der Waals surface area contributed by atoms with E-state index in [9.17, 15) is 27.9 Å². The van der Waals surface area contributed by atoms with Crippen LogP contribution in [-0.2, 0) is 16.6 Å². The van der Waals surface area contributed by atoms with Crippen molar-refractivity contribution in [2.75, 3.05) is 13.1 Å². The number of nitrogens with one attached hydrogen (secondary N) is 2. The Morgan fingerprint density at radius 2 is 1.78 bits per heavy atom. The molecule has 194 valence electrons. The van der Waals surface area contributed by atoms with Crippen molar-refractivity contribution >= 4 is 11.8 Å². The van der Waals surface area contributed by atoms with Gasteiger partial charge in [0.25, 0.3) is 5.91 Å². The molecule has 2 aliphatic rings. The molecule has 1 unspecified atom stereocenters. The Balaban J connectivity index is 1.25. The highest BCUT2D eigenvalue weighted by atomic mass is 19.4. The number of nitrogens with zero attached hydrogens (tertiary/aromatic N) is 1. The van der Waals surface area contributed by atoms with Gasteiger partial charge < -0.3 is 15.7 Å². The van der Waals surface area contributed by atoms with Crippen molar-refractivity contribution in [3.63, 3.8) is 0 Å². The minimum absolute atomic E-state index is 0.0760. The first-order chi connectivity index (χ1) is 17.0. The Morgan fingerprint density at radius 1 is 1.08 bits per heavy atom. The molecule has 1 heterocycles. The standard InChI is InChI=1S/C27H32F3N3O3/c1-18-14-22(17-33(18)23-10-12-26(36,13-11-23)20-7-3-2-4-8-20)32-24(34)16-31-25(35)19-6-5-9-21(15-19)27(28,29)30/h2-9,15,18,22-23,36H,10-14,16-17H2,1H3,(H,31,35)(H,32,34)/t18-,22?,23?,26?/m0/s1. The number of likely N-dealkylation sites (tertiary alicyclic amines) is 1. The molecule has 6 nitrogen and oxygen atoms in total. The van der Waals surface area contributed by atoms with Gasteiger partial charge in [0.05, 0.1) is 17.7 Å². The smallest absolute Gasteiger partial charge is 0.385 e. The van der Waals surface area contributed by atoms with Crippen LogP contribution in [0.15, 0.2) is 54.6 Å². The van der Waals surface area contributed by atoms with E-state index in [2.05, 4.69) is 22.5 Å². The average molecular weight is 504 g/mol. The van der Waals surface area contributed by atoms with Crippen LogP contribution in [-0.4, -0.2) is 53.0 Å². The van der Waals surface area contributed by atoms with Gasteiger partial charge in [0.15, 0.2) is 0 Å². The van der Waals surface area contributed by atoms with E-state index in [4.69, 9.17) is 0 Å². The molecule has 2 atom stereocenters. The SMILES string of the molecule is C[C@H]1CC(NC(=O)CNC(=O)c2cccc(C(F)(F)F)c2)CN1C1CCC(O)(c2ccccc2)CC1. The normalized spacial score (nSPS) is 27.0. The molecule has 4 rings (SSSR count). The van der Waals surface area contributed by atoms with Gasteiger partial charge in [0.1, 0.15) is 0 Å². The lowest BCUT2D eigenvalue weighted by Crippen LogP contribution is -2.46. The zero-order valence-corrected chi connectivity index (χ0v) is 20.2. The number of benzene rings is 2. The third-order valence-electron chi connectivity index (χ3n) is 7.41. The minimum Gasteiger partial charge on any atom is -0.385 e. The van der Waals surface area contributed by atoms with E-state index in [1.165, 1.54) is 6.07 Å². The van der Waals surface area contributed by atoms with Crippen molar-refractivity contribution in [3.8, 4) is 0 Å². The Labute approximate surface area is 208 Å². The number of alkyl halides is 3. The summed E-state index contributed by atoms with van der Waals surface area (Å²) in [4.78, 5) is 27.1. The fraction of sp³-hybridized carbons (Fsp3) is 0.481. The first kappa shape index (κ1) is 26.2. The van der Waals surface area contributed by atoms with Crippen molar-refractivity contribution in [2.45, 2.75) is 68.9 Å². The summed E-state index contributed by atoms with van der Waals surface area (Å²) in [6, 6.07) is 14.4. The maximum Gasteiger partial charge on any atom is 0.416 e. The second kappa shape index (κ2) is 10.6. The van der Waals surface area contributed by atoms with Crippen LogP contribution in [0, 0.1) is 0 Å². The maximum atomic E-state index is 12.9. The van der Waals surface area contributed by atoms with E-state index in [0.29, 0.717) is 25.4 Å². The van der Waals surface area contributed by atoms with Crippen LogP contribution >= 0.6 is 0 Å². The second-order valence-electron chi connectivity index (χ2n) is 9.94. The number of halogens is 3. The van der Waals surface area contributed by atoms with Gasteiger partial charge in [-0.25, -0.2) is 0 Å². The van der Waals surface area contributed by atoms with Gasteiger partial charge in [-0.05, 0) is 62.8 Å². The van der Waals surface area contributed by atoms with Crippen molar-refractivity contribution in [3.05, 3.63) is 71.3 Å². The van der Waals surface area contributed by atoms with Crippen LogP contribution in [0.4, 0.5) is 13.2 Å². The zero-order valence-electron chi connectivity index (χ0n) is 20.2. The summed E-state index contributed by atoms with van der Waals surface area (Å²) >= 11 is 0. The lowest BCUT2D eigenvalue weighted by Gasteiger charge is -2.41. The second-order valence-corrected chi connectivity index (χ2v) is 9.94. The van der Waals surface area contributed by atoms with Crippen LogP contribution < -0.4 is 10.6 Å². The Bertz CT molecular complexity index is 1070. The first-order valence-electron chi connectivity index (χ1n) is 12.3. The zero-order chi connectivity index (χ0) is 25.9. The van der Waals surface area contributed by atoms with E-state index in [0.717, 1.165) is 43.0 Å². The topological polar surface area (TPSA) is 81.7 Å². The van der Waals surface area contributed by atoms with Gasteiger partial charge in [-0.15, -0.1) is 0 Å². The monoisotopic (exact) mass is 503 g/mol. The van der Waals surface area contributed by atoms with Crippen molar-refractivity contribution in [2.24, 2.45) is 0 Å². The third kappa shape index (κ3) is 6.07. The number of aliphatic hydroxyl groups is 1. The Kier molecular flexibility index (Phi) is 7.70. The fourth-order valence-electron chi connectivity index (χ4n) is 5.50. The third-order valence-corrected chi connectivity index (χ3v) is 7.41. The predicted octanol–water partition coefficient (Wildman–Crippen LogP) is 3.84. The van der Waals surface area contributed by atoms with Crippen molar-refractivity contribution < 1.29 is 27.9 Å². The highest BCUT2D eigenvalue weighted by molar-refractivity contribution is 5.96. The quantitative estimate of drug-likeness (QED) is 0.560. The van der Waals surface area contributed by atoms with Gasteiger partial charge in [-0.2, -0.15) is 13.2 Å². The summed E-state index contributed by atoms with van der Waals surface area (Å²) in [5.41, 5.74) is -0.905. The van der Waals surface area contributed by atoms with Crippen LogP contribution in [0.5, 0.6) is 0 Å². The van der Waals surface area contributed by atoms with Crippen LogP contribution in [0.25, 0.3) is 0 Å². The highest BCUT2D eigenvalue weighted by Gasteiger charge is 2.40. The molecule has 36 heavy (non-hydrogen) atoms. The molecule has 2 aromatic rings. The number of carbonyl (C=O) groups excluding carboxylic acids is 2. The molecule has 2 fully saturated rings. The molecule has 0 spiro atoms. The average Bonchev–Trinajstić information content (AvgIpc) is 3.22. The Morgan fingerprint density at radius 3 is 2.44 bits per heavy atom. The van der Waals surface area contributed by atoms with Crippen molar-refractivity contribution in [1.29, 1.82) is 0 Å². The fourth-order valence-corrected chi connectivity index (χ4v) is 5.50. The molecule has 1 aliphatic carbocycles. The van der Waals surface area contributed by atoms with Crippen LogP contribution in [0.3, 0.4) is 0 Å². The minimum atomic E-state index is -4.54. The summed E-state index contributed by atoms with van der Waals surface area (Å²) in [6.07, 6.45) is -0.677. The molecule has 9 heteroatoms. The number of hydrogen-bond donors (Lipinski definition) is 3. The molecule has 2 amide bonds. The molecule has 0 radical (unpaired) electrons. The summed E-state index contributed by atoms with van der Waals surface area (Å²) in [6.45, 7) is 2.50. The molecule has 0 aromatic heterocycles. The lowest BCUT2D eigenvalue weighted by molar-refractivity contribution is -0.137. The summed E-state index contributed by atoms with van der Waals surface area (Å²) in [5.74, 6) is -1.11. The van der Waals surface area contributed by atoms with Crippen LogP contribution in [0.1, 0.15) is 60.5 Å². The molecule has 1 saturated heterocycles. The van der Waals surface area contributed by atoms with E-state index in [-0.39, 0.29) is 30.1 Å². The van der Waals surface area contributed by atoms with Crippen LogP contribution in [0.2, 0.25) is 0 Å². The molecular weight excluding hydrogens is 471 g/mol. The summed E-state index contributed by atoms with van der Waals surface area (Å²) in [5, 5.41) is 16.5. The maximum absolute atomic E-state index is 12.9. The largest absolute Gasteiger partial charge is 0.416 e. The Hall–Kier alpha value is -2.91. The number of hydrogen-bond acceptors (Lipinski definition) is 4. The number of carbonyl (C=O) groups is 2. The van der Waals surface area contributed by atoms with Gasteiger partial charge in [-0.1, -0.05) is 36.4 Å². The predicted molar refractivity (Wildman–Crippen MR) is 129 cm³/mol. The highest BCUT2D eigenvalue weighted by Crippen LogP contribution is 2.40. The van der Waals surface area contributed by atoms with Gasteiger partial charge in [-0.3, -0.25) is 14.5 Å². The van der Waals surface area contributed by atoms with E-state index < -0.39 is 23.2 Å². The molecule has 0 bridgehead atoms. The summed E-state index contributed by atoms with van der Waals surface area (Å²) < 4.78 is 38.6. The van der Waals surface area contributed by atoms with E-state index in [1.54, 1.807) is 0 Å². The van der Waals surface area contributed by atoms with E-state index >= 15 is 0 Å². The van der Waals surface area contributed by atoms with Gasteiger partial charge >= 0.3 is 6.18 Å². The van der Waals surface area contributed by atoms with Gasteiger partial charge in [0, 0.05) is 30.2 Å². The van der Waals surface area contributed by atoms with Gasteiger partial charge in [0.2, 0.25) is 5.91 Å². The molecule has 1 saturated carbocycles. The molecule has 3 N–H and O–H groups in total. The molecule has 1 aliphatic heterocycles. The number of amides is 2. The molecular formula is C27H32F3N3O3. The summed E-state index contributed by atoms with van der Waals surface area (Å²) in [7, 11) is 0. The molecule has 2 aromatic carbocycles. The number of rotatable bonds is 6. The van der Waals surface area contributed by atoms with Crippen molar-refractivity contribution in [1.82, 2.24) is 15.5 Å². The van der Waals surface area contributed by atoms with E-state index in [1.807, 2.05) is 30.3 Å².